The number of rotatable bonds is 5. The summed E-state index contributed by atoms with van der Waals surface area (Å²) in [4.78, 5) is 0. The van der Waals surface area contributed by atoms with Crippen molar-refractivity contribution in [3.05, 3.63) is 23.9 Å². The lowest BCUT2D eigenvalue weighted by atomic mass is 10.3. The monoisotopic (exact) mass is 208 g/mol. The highest BCUT2D eigenvalue weighted by atomic mass is 16.5. The molecule has 0 amide bonds. The highest BCUT2D eigenvalue weighted by molar-refractivity contribution is 5.36. The molecule has 6 heteroatoms. The summed E-state index contributed by atoms with van der Waals surface area (Å²) in [6, 6.07) is 5.68. The van der Waals surface area contributed by atoms with Crippen LogP contribution < -0.4 is 0 Å². The summed E-state index contributed by atoms with van der Waals surface area (Å²) < 4.78 is 11.9. The summed E-state index contributed by atoms with van der Waals surface area (Å²) in [5.41, 5.74) is 1.65. The Morgan fingerprint density at radius 1 is 1.33 bits per heavy atom. The fourth-order valence-electron chi connectivity index (χ4n) is 1.25. The van der Waals surface area contributed by atoms with E-state index >= 15 is 0 Å². The molecule has 0 aliphatic heterocycles. The van der Waals surface area contributed by atoms with Crippen molar-refractivity contribution in [3.63, 3.8) is 0 Å². The minimum atomic E-state index is 0.478. The SMILES string of the molecule is COCCOCc1cccc2nnnn12. The predicted octanol–water partition coefficient (Wildman–Crippen LogP) is 0.287. The average molecular weight is 208 g/mol. The molecule has 0 atom stereocenters. The summed E-state index contributed by atoms with van der Waals surface area (Å²) in [5.74, 6) is 0. The first-order valence-corrected chi connectivity index (χ1v) is 4.64. The number of hydrogen-bond acceptors (Lipinski definition) is 5. The lowest BCUT2D eigenvalue weighted by Gasteiger charge is -2.04. The maximum atomic E-state index is 5.40. The van der Waals surface area contributed by atoms with Crippen LogP contribution in [-0.2, 0) is 16.1 Å². The Bertz CT molecular complexity index is 429. The Kier molecular flexibility index (Phi) is 3.21. The third-order valence-corrected chi connectivity index (χ3v) is 1.98. The molecule has 0 spiro atoms. The van der Waals surface area contributed by atoms with Crippen LogP contribution in [0.2, 0.25) is 0 Å². The van der Waals surface area contributed by atoms with Crippen LogP contribution in [0.5, 0.6) is 0 Å². The number of nitrogens with zero attached hydrogens (tertiary/aromatic N) is 4. The highest BCUT2D eigenvalue weighted by Crippen LogP contribution is 2.03. The molecule has 0 radical (unpaired) electrons. The van der Waals surface area contributed by atoms with Crippen LogP contribution in [0, 0.1) is 0 Å². The number of ether oxygens (including phenoxy) is 2. The van der Waals surface area contributed by atoms with Crippen molar-refractivity contribution in [2.24, 2.45) is 0 Å². The van der Waals surface area contributed by atoms with Crippen molar-refractivity contribution >= 4 is 5.65 Å². The molecule has 0 aliphatic carbocycles. The molecule has 0 aliphatic rings. The molecule has 15 heavy (non-hydrogen) atoms. The first kappa shape index (κ1) is 10.0. The van der Waals surface area contributed by atoms with Gasteiger partial charge in [0, 0.05) is 7.11 Å². The first-order valence-electron chi connectivity index (χ1n) is 4.64. The van der Waals surface area contributed by atoms with Gasteiger partial charge in [-0.25, -0.2) is 0 Å². The largest absolute Gasteiger partial charge is 0.382 e. The molecular formula is C9H12N4O2. The van der Waals surface area contributed by atoms with Crippen molar-refractivity contribution in [3.8, 4) is 0 Å². The van der Waals surface area contributed by atoms with E-state index in [2.05, 4.69) is 15.5 Å². The molecule has 6 nitrogen and oxygen atoms in total. The number of hydrogen-bond donors (Lipinski definition) is 0. The van der Waals surface area contributed by atoms with Crippen LogP contribution >= 0.6 is 0 Å². The lowest BCUT2D eigenvalue weighted by Crippen LogP contribution is -2.05. The molecule has 0 saturated heterocycles. The average Bonchev–Trinajstić information content (AvgIpc) is 2.73. The van der Waals surface area contributed by atoms with Crippen LogP contribution in [0.1, 0.15) is 5.69 Å². The van der Waals surface area contributed by atoms with Gasteiger partial charge in [-0.3, -0.25) is 0 Å². The number of methoxy groups -OCH3 is 1. The van der Waals surface area contributed by atoms with Crippen molar-refractivity contribution < 1.29 is 9.47 Å². The summed E-state index contributed by atoms with van der Waals surface area (Å²) in [6.45, 7) is 1.63. The Labute approximate surface area is 86.8 Å². The normalized spacial score (nSPS) is 11.0. The summed E-state index contributed by atoms with van der Waals surface area (Å²) >= 11 is 0. The second kappa shape index (κ2) is 4.81. The van der Waals surface area contributed by atoms with Gasteiger partial charge in [-0.1, -0.05) is 6.07 Å². The van der Waals surface area contributed by atoms with Crippen LogP contribution in [0.4, 0.5) is 0 Å². The molecule has 0 fully saturated rings. The Morgan fingerprint density at radius 3 is 3.13 bits per heavy atom. The van der Waals surface area contributed by atoms with Crippen molar-refractivity contribution in [1.82, 2.24) is 20.0 Å². The van der Waals surface area contributed by atoms with Gasteiger partial charge in [-0.2, -0.15) is 4.52 Å². The van der Waals surface area contributed by atoms with Gasteiger partial charge in [0.2, 0.25) is 0 Å². The fraction of sp³-hybridized carbons (Fsp3) is 0.444. The van der Waals surface area contributed by atoms with Gasteiger partial charge in [0.25, 0.3) is 0 Å². The quantitative estimate of drug-likeness (QED) is 0.661. The van der Waals surface area contributed by atoms with Crippen LogP contribution in [-0.4, -0.2) is 40.4 Å². The van der Waals surface area contributed by atoms with Crippen LogP contribution in [0.15, 0.2) is 18.2 Å². The molecule has 2 rings (SSSR count). The zero-order valence-electron chi connectivity index (χ0n) is 8.46. The van der Waals surface area contributed by atoms with E-state index in [4.69, 9.17) is 9.47 Å². The van der Waals surface area contributed by atoms with Crippen molar-refractivity contribution in [2.75, 3.05) is 20.3 Å². The zero-order chi connectivity index (χ0) is 10.5. The van der Waals surface area contributed by atoms with Gasteiger partial charge in [0.15, 0.2) is 5.65 Å². The fourth-order valence-corrected chi connectivity index (χ4v) is 1.25. The lowest BCUT2D eigenvalue weighted by molar-refractivity contribution is 0.0594. The second-order valence-corrected chi connectivity index (χ2v) is 3.01. The van der Waals surface area contributed by atoms with E-state index in [1.54, 1.807) is 11.6 Å². The maximum absolute atomic E-state index is 5.40. The molecule has 0 unspecified atom stereocenters. The van der Waals surface area contributed by atoms with Crippen LogP contribution in [0.3, 0.4) is 0 Å². The summed E-state index contributed by atoms with van der Waals surface area (Å²) in [6.07, 6.45) is 0. The Balaban J connectivity index is 2.04. The Morgan fingerprint density at radius 2 is 2.27 bits per heavy atom. The molecular weight excluding hydrogens is 196 g/mol. The van der Waals surface area contributed by atoms with E-state index in [-0.39, 0.29) is 0 Å². The van der Waals surface area contributed by atoms with E-state index in [0.29, 0.717) is 19.8 Å². The molecule has 2 aromatic rings. The molecule has 2 heterocycles. The van der Waals surface area contributed by atoms with Gasteiger partial charge in [-0.15, -0.1) is 5.10 Å². The van der Waals surface area contributed by atoms with Gasteiger partial charge >= 0.3 is 0 Å². The molecule has 2 aromatic heterocycles. The second-order valence-electron chi connectivity index (χ2n) is 3.01. The van der Waals surface area contributed by atoms with E-state index in [1.807, 2.05) is 18.2 Å². The maximum Gasteiger partial charge on any atom is 0.179 e. The van der Waals surface area contributed by atoms with Gasteiger partial charge in [0.05, 0.1) is 25.5 Å². The molecule has 80 valence electrons. The zero-order valence-corrected chi connectivity index (χ0v) is 8.46. The Hall–Kier alpha value is -1.53. The topological polar surface area (TPSA) is 61.5 Å². The highest BCUT2D eigenvalue weighted by Gasteiger charge is 2.02. The minimum Gasteiger partial charge on any atom is -0.382 e. The third-order valence-electron chi connectivity index (χ3n) is 1.98. The third kappa shape index (κ3) is 2.28. The summed E-state index contributed by atoms with van der Waals surface area (Å²) in [7, 11) is 1.64. The number of pyridine rings is 1. The number of aromatic nitrogens is 4. The number of fused-ring (bicyclic) bond motifs is 1. The van der Waals surface area contributed by atoms with E-state index in [0.717, 1.165) is 11.3 Å². The molecule has 0 aromatic carbocycles. The van der Waals surface area contributed by atoms with E-state index in [1.165, 1.54) is 0 Å². The van der Waals surface area contributed by atoms with Crippen molar-refractivity contribution in [1.29, 1.82) is 0 Å². The van der Waals surface area contributed by atoms with E-state index in [9.17, 15) is 0 Å². The molecule has 0 saturated carbocycles. The van der Waals surface area contributed by atoms with Gasteiger partial charge in [0.1, 0.15) is 0 Å². The van der Waals surface area contributed by atoms with Crippen LogP contribution in [0.25, 0.3) is 5.65 Å². The molecule has 0 bridgehead atoms. The standard InChI is InChI=1S/C9H12N4O2/c1-14-5-6-15-7-8-3-2-4-9-10-11-12-13(8)9/h2-4H,5-7H2,1H3. The molecule has 0 N–H and O–H groups in total. The van der Waals surface area contributed by atoms with Gasteiger partial charge < -0.3 is 9.47 Å². The predicted molar refractivity (Wildman–Crippen MR) is 52.3 cm³/mol. The first-order chi connectivity index (χ1) is 7.42. The minimum absolute atomic E-state index is 0.478. The van der Waals surface area contributed by atoms with E-state index < -0.39 is 0 Å². The van der Waals surface area contributed by atoms with Gasteiger partial charge in [-0.05, 0) is 22.6 Å². The summed E-state index contributed by atoms with van der Waals surface area (Å²) in [5, 5.41) is 11.3. The van der Waals surface area contributed by atoms with Crippen molar-refractivity contribution in [2.45, 2.75) is 6.61 Å². The smallest absolute Gasteiger partial charge is 0.179 e. The number of tetrazole rings is 1.